The number of rotatable bonds is 4. The van der Waals surface area contributed by atoms with Gasteiger partial charge in [-0.3, -0.25) is 4.21 Å². The molecule has 18 heavy (non-hydrogen) atoms. The minimum Gasteiger partial charge on any atom is -0.497 e. The molecule has 0 aromatic heterocycles. The van der Waals surface area contributed by atoms with Crippen molar-refractivity contribution in [1.82, 2.24) is 0 Å². The maximum atomic E-state index is 12.2. The zero-order chi connectivity index (χ0) is 13.0. The van der Waals surface area contributed by atoms with E-state index in [9.17, 15) is 4.21 Å². The van der Waals surface area contributed by atoms with Gasteiger partial charge in [0.05, 0.1) is 23.7 Å². The average Bonchev–Trinajstić information content (AvgIpc) is 2.41. The van der Waals surface area contributed by atoms with Crippen LogP contribution in [0.1, 0.15) is 5.56 Å². The number of anilines is 1. The quantitative estimate of drug-likeness (QED) is 0.861. The van der Waals surface area contributed by atoms with Gasteiger partial charge in [-0.1, -0.05) is 18.2 Å². The van der Waals surface area contributed by atoms with Crippen molar-refractivity contribution in [2.75, 3.05) is 12.8 Å². The van der Waals surface area contributed by atoms with Crippen molar-refractivity contribution >= 4 is 16.5 Å². The predicted octanol–water partition coefficient (Wildman–Crippen LogP) is 2.59. The molecule has 94 valence electrons. The molecule has 2 N–H and O–H groups in total. The van der Waals surface area contributed by atoms with Crippen LogP contribution in [0.2, 0.25) is 0 Å². The molecule has 4 heteroatoms. The Kier molecular flexibility index (Phi) is 3.99. The van der Waals surface area contributed by atoms with E-state index in [4.69, 9.17) is 10.5 Å². The summed E-state index contributed by atoms with van der Waals surface area (Å²) < 4.78 is 17.2. The summed E-state index contributed by atoms with van der Waals surface area (Å²) in [5.74, 6) is 1.19. The first kappa shape index (κ1) is 12.6. The highest BCUT2D eigenvalue weighted by Gasteiger charge is 2.07. The van der Waals surface area contributed by atoms with Crippen LogP contribution in [0.15, 0.2) is 53.4 Å². The predicted molar refractivity (Wildman–Crippen MR) is 74.0 cm³/mol. The van der Waals surface area contributed by atoms with E-state index in [0.717, 1.165) is 16.2 Å². The molecule has 1 unspecified atom stereocenters. The first-order chi connectivity index (χ1) is 8.70. The van der Waals surface area contributed by atoms with Crippen LogP contribution in [0, 0.1) is 0 Å². The second kappa shape index (κ2) is 5.69. The van der Waals surface area contributed by atoms with E-state index >= 15 is 0 Å². The zero-order valence-electron chi connectivity index (χ0n) is 10.1. The molecule has 0 radical (unpaired) electrons. The Morgan fingerprint density at radius 3 is 2.39 bits per heavy atom. The molecule has 0 aliphatic carbocycles. The maximum absolute atomic E-state index is 12.2. The highest BCUT2D eigenvalue weighted by Crippen LogP contribution is 2.19. The van der Waals surface area contributed by atoms with Crippen LogP contribution in [0.5, 0.6) is 5.75 Å². The van der Waals surface area contributed by atoms with Gasteiger partial charge in [0, 0.05) is 10.6 Å². The van der Waals surface area contributed by atoms with Gasteiger partial charge in [0.2, 0.25) is 0 Å². The number of hydrogen-bond acceptors (Lipinski definition) is 3. The second-order valence-corrected chi connectivity index (χ2v) is 5.32. The Morgan fingerprint density at radius 2 is 1.78 bits per heavy atom. The van der Waals surface area contributed by atoms with E-state index in [1.807, 2.05) is 48.5 Å². The second-order valence-electron chi connectivity index (χ2n) is 3.86. The van der Waals surface area contributed by atoms with Crippen LogP contribution in [-0.4, -0.2) is 11.3 Å². The topological polar surface area (TPSA) is 52.3 Å². The number of hydrogen-bond donors (Lipinski definition) is 1. The van der Waals surface area contributed by atoms with E-state index in [-0.39, 0.29) is 0 Å². The Balaban J connectivity index is 2.14. The Bertz CT molecular complexity index is 552. The molecule has 1 atom stereocenters. The van der Waals surface area contributed by atoms with Gasteiger partial charge in [0.1, 0.15) is 5.75 Å². The van der Waals surface area contributed by atoms with Crippen molar-refractivity contribution in [3.8, 4) is 5.75 Å². The number of methoxy groups -OCH3 is 1. The van der Waals surface area contributed by atoms with Gasteiger partial charge >= 0.3 is 0 Å². The smallest absolute Gasteiger partial charge is 0.118 e. The molecule has 0 saturated carbocycles. The van der Waals surface area contributed by atoms with Crippen molar-refractivity contribution < 1.29 is 8.95 Å². The number of benzene rings is 2. The molecular formula is C14H15NO2S. The summed E-state index contributed by atoms with van der Waals surface area (Å²) in [4.78, 5) is 0.777. The van der Waals surface area contributed by atoms with Crippen LogP contribution in [0.25, 0.3) is 0 Å². The van der Waals surface area contributed by atoms with Gasteiger partial charge in [0.15, 0.2) is 0 Å². The minimum atomic E-state index is -1.09. The number of ether oxygens (including phenoxy) is 1. The molecule has 0 aliphatic rings. The van der Waals surface area contributed by atoms with Gasteiger partial charge in [-0.25, -0.2) is 0 Å². The third kappa shape index (κ3) is 2.90. The molecule has 0 bridgehead atoms. The summed E-state index contributed by atoms with van der Waals surface area (Å²) in [6, 6.07) is 14.7. The van der Waals surface area contributed by atoms with Gasteiger partial charge in [-0.2, -0.15) is 0 Å². The molecule has 3 nitrogen and oxygen atoms in total. The Hall–Kier alpha value is -1.81. The highest BCUT2D eigenvalue weighted by molar-refractivity contribution is 7.84. The third-order valence-corrected chi connectivity index (χ3v) is 4.04. The van der Waals surface area contributed by atoms with Gasteiger partial charge in [0.25, 0.3) is 0 Å². The summed E-state index contributed by atoms with van der Waals surface area (Å²) in [5, 5.41) is 0. The number of para-hydroxylation sites is 1. The zero-order valence-corrected chi connectivity index (χ0v) is 10.9. The summed E-state index contributed by atoms with van der Waals surface area (Å²) in [6.45, 7) is 0. The van der Waals surface area contributed by atoms with Crippen molar-refractivity contribution in [2.45, 2.75) is 10.6 Å². The van der Waals surface area contributed by atoms with Crippen molar-refractivity contribution in [3.05, 3.63) is 54.1 Å². The lowest BCUT2D eigenvalue weighted by Gasteiger charge is -2.06. The summed E-state index contributed by atoms with van der Waals surface area (Å²) in [5.41, 5.74) is 7.43. The molecule has 0 saturated heterocycles. The highest BCUT2D eigenvalue weighted by atomic mass is 32.2. The van der Waals surface area contributed by atoms with Crippen LogP contribution < -0.4 is 10.5 Å². The van der Waals surface area contributed by atoms with Crippen molar-refractivity contribution in [2.24, 2.45) is 0 Å². The summed E-state index contributed by atoms with van der Waals surface area (Å²) in [7, 11) is 0.517. The molecule has 2 rings (SSSR count). The van der Waals surface area contributed by atoms with Crippen LogP contribution in [0.4, 0.5) is 5.69 Å². The fraction of sp³-hybridized carbons (Fsp3) is 0.143. The Labute approximate surface area is 109 Å². The van der Waals surface area contributed by atoms with Gasteiger partial charge in [-0.05, 0) is 35.9 Å². The largest absolute Gasteiger partial charge is 0.497 e. The van der Waals surface area contributed by atoms with E-state index in [1.54, 1.807) is 7.11 Å². The van der Waals surface area contributed by atoms with Crippen LogP contribution in [-0.2, 0) is 16.6 Å². The summed E-state index contributed by atoms with van der Waals surface area (Å²) >= 11 is 0. The minimum absolute atomic E-state index is 0.430. The van der Waals surface area contributed by atoms with E-state index in [1.165, 1.54) is 0 Å². The number of nitrogen functional groups attached to an aromatic ring is 1. The lowest BCUT2D eigenvalue weighted by Crippen LogP contribution is -2.00. The lowest BCUT2D eigenvalue weighted by atomic mass is 10.2. The first-order valence-corrected chi connectivity index (χ1v) is 6.88. The molecular weight excluding hydrogens is 246 g/mol. The van der Waals surface area contributed by atoms with E-state index < -0.39 is 10.8 Å². The van der Waals surface area contributed by atoms with Gasteiger partial charge < -0.3 is 10.5 Å². The molecule has 0 fully saturated rings. The monoisotopic (exact) mass is 261 g/mol. The molecule has 2 aromatic rings. The SMILES string of the molecule is COc1ccc(S(=O)Cc2ccccc2N)cc1. The third-order valence-electron chi connectivity index (χ3n) is 2.66. The first-order valence-electron chi connectivity index (χ1n) is 5.56. The molecule has 0 amide bonds. The van der Waals surface area contributed by atoms with Crippen LogP contribution in [0.3, 0.4) is 0 Å². The Morgan fingerprint density at radius 1 is 1.11 bits per heavy atom. The average molecular weight is 261 g/mol. The number of nitrogens with two attached hydrogens (primary N) is 1. The maximum Gasteiger partial charge on any atom is 0.118 e. The van der Waals surface area contributed by atoms with Crippen molar-refractivity contribution in [3.63, 3.8) is 0 Å². The fourth-order valence-electron chi connectivity index (χ4n) is 1.62. The molecule has 0 aliphatic heterocycles. The van der Waals surface area contributed by atoms with Gasteiger partial charge in [-0.15, -0.1) is 0 Å². The normalized spacial score (nSPS) is 12.1. The van der Waals surface area contributed by atoms with E-state index in [2.05, 4.69) is 0 Å². The molecule has 2 aromatic carbocycles. The molecule has 0 heterocycles. The standard InChI is InChI=1S/C14H15NO2S/c1-17-12-6-8-13(9-7-12)18(16)10-11-4-2-3-5-14(11)15/h2-9H,10,15H2,1H3. The lowest BCUT2D eigenvalue weighted by molar-refractivity contribution is 0.414. The van der Waals surface area contributed by atoms with E-state index in [0.29, 0.717) is 11.4 Å². The fourth-order valence-corrected chi connectivity index (χ4v) is 2.77. The van der Waals surface area contributed by atoms with Crippen LogP contribution >= 0.6 is 0 Å². The molecule has 0 spiro atoms. The van der Waals surface area contributed by atoms with Crippen molar-refractivity contribution in [1.29, 1.82) is 0 Å². The summed E-state index contributed by atoms with van der Waals surface area (Å²) in [6.07, 6.45) is 0.